The highest BCUT2D eigenvalue weighted by molar-refractivity contribution is 6.31. The van der Waals surface area contributed by atoms with Crippen molar-refractivity contribution in [3.63, 3.8) is 0 Å². The van der Waals surface area contributed by atoms with Crippen molar-refractivity contribution >= 4 is 28.9 Å². The molecular weight excluding hydrogens is 305 g/mol. The summed E-state index contributed by atoms with van der Waals surface area (Å²) < 4.78 is 13.2. The zero-order chi connectivity index (χ0) is 15.5. The monoisotopic (exact) mass is 321 g/mol. The molecule has 1 aliphatic heterocycles. The lowest BCUT2D eigenvalue weighted by Crippen LogP contribution is -2.46. The van der Waals surface area contributed by atoms with E-state index in [1.54, 1.807) is 18.5 Å². The van der Waals surface area contributed by atoms with Crippen molar-refractivity contribution < 1.29 is 4.39 Å². The summed E-state index contributed by atoms with van der Waals surface area (Å²) >= 11 is 5.86. The van der Waals surface area contributed by atoms with Crippen LogP contribution in [0.1, 0.15) is 0 Å². The topological polar surface area (TPSA) is 44.3 Å². The van der Waals surface area contributed by atoms with Crippen molar-refractivity contribution in [2.75, 3.05) is 48.3 Å². The van der Waals surface area contributed by atoms with Crippen LogP contribution < -0.4 is 15.1 Å². The van der Waals surface area contributed by atoms with E-state index in [-0.39, 0.29) is 10.8 Å². The summed E-state index contributed by atoms with van der Waals surface area (Å²) in [6, 6.07) is 6.79. The number of anilines is 3. The number of hydrogen-bond donors (Lipinski definition) is 1. The van der Waals surface area contributed by atoms with Crippen molar-refractivity contribution in [3.8, 4) is 0 Å². The van der Waals surface area contributed by atoms with E-state index in [2.05, 4.69) is 25.1 Å². The lowest BCUT2D eigenvalue weighted by Gasteiger charge is -2.36. The molecule has 0 radical (unpaired) electrons. The predicted molar refractivity (Wildman–Crippen MR) is 87.4 cm³/mol. The molecule has 0 unspecified atom stereocenters. The summed E-state index contributed by atoms with van der Waals surface area (Å²) in [5, 5.41) is 3.18. The fraction of sp³-hybridized carbons (Fsp3) is 0.333. The van der Waals surface area contributed by atoms with E-state index in [4.69, 9.17) is 11.6 Å². The van der Waals surface area contributed by atoms with Crippen molar-refractivity contribution in [3.05, 3.63) is 41.4 Å². The van der Waals surface area contributed by atoms with Gasteiger partial charge < -0.3 is 15.1 Å². The van der Waals surface area contributed by atoms with E-state index in [9.17, 15) is 4.39 Å². The minimum absolute atomic E-state index is 0.161. The van der Waals surface area contributed by atoms with Gasteiger partial charge in [-0.15, -0.1) is 0 Å². The maximum atomic E-state index is 13.2. The predicted octanol–water partition coefficient (Wildman–Crippen LogP) is 2.64. The largest absolute Gasteiger partial charge is 0.373 e. The summed E-state index contributed by atoms with van der Waals surface area (Å²) in [5.41, 5.74) is 0.949. The van der Waals surface area contributed by atoms with Crippen LogP contribution in [0.3, 0.4) is 0 Å². The van der Waals surface area contributed by atoms with Crippen LogP contribution in [0.2, 0.25) is 5.02 Å². The van der Waals surface area contributed by atoms with Crippen LogP contribution >= 0.6 is 11.6 Å². The average Bonchev–Trinajstić information content (AvgIpc) is 2.57. The molecule has 1 saturated heterocycles. The van der Waals surface area contributed by atoms with Gasteiger partial charge in [-0.25, -0.2) is 14.4 Å². The highest BCUT2D eigenvalue weighted by Gasteiger charge is 2.19. The van der Waals surface area contributed by atoms with Gasteiger partial charge in [-0.1, -0.05) is 11.6 Å². The van der Waals surface area contributed by atoms with Crippen LogP contribution in [0, 0.1) is 5.82 Å². The van der Waals surface area contributed by atoms with Gasteiger partial charge in [-0.05, 0) is 18.2 Å². The van der Waals surface area contributed by atoms with Gasteiger partial charge in [0, 0.05) is 45.0 Å². The Morgan fingerprint density at radius 2 is 1.82 bits per heavy atom. The number of piperazine rings is 1. The molecule has 0 saturated carbocycles. The SMILES string of the molecule is CNc1cc(N2CCN(c3ccc(F)c(Cl)c3)CC2)ncn1. The number of hydrogen-bond acceptors (Lipinski definition) is 5. The molecule has 1 fully saturated rings. The van der Waals surface area contributed by atoms with Gasteiger partial charge in [-0.3, -0.25) is 0 Å². The van der Waals surface area contributed by atoms with Gasteiger partial charge in [0.15, 0.2) is 0 Å². The molecule has 0 aliphatic carbocycles. The number of halogens is 2. The quantitative estimate of drug-likeness (QED) is 0.941. The Labute approximate surface area is 133 Å². The molecule has 1 aromatic carbocycles. The van der Waals surface area contributed by atoms with E-state index in [1.165, 1.54) is 6.07 Å². The van der Waals surface area contributed by atoms with Crippen LogP contribution in [0.25, 0.3) is 0 Å². The fourth-order valence-electron chi connectivity index (χ4n) is 2.53. The number of nitrogens with zero attached hydrogens (tertiary/aromatic N) is 4. The summed E-state index contributed by atoms with van der Waals surface area (Å²) in [6.45, 7) is 3.35. The van der Waals surface area contributed by atoms with E-state index >= 15 is 0 Å². The second kappa shape index (κ2) is 6.36. The Morgan fingerprint density at radius 1 is 1.09 bits per heavy atom. The van der Waals surface area contributed by atoms with Crippen molar-refractivity contribution in [2.24, 2.45) is 0 Å². The van der Waals surface area contributed by atoms with Crippen LogP contribution in [0.5, 0.6) is 0 Å². The van der Waals surface area contributed by atoms with E-state index in [1.807, 2.05) is 13.1 Å². The third-order valence-electron chi connectivity index (χ3n) is 3.78. The van der Waals surface area contributed by atoms with Crippen molar-refractivity contribution in [1.82, 2.24) is 9.97 Å². The van der Waals surface area contributed by atoms with Gasteiger partial charge in [0.2, 0.25) is 0 Å². The Hall–Kier alpha value is -2.08. The maximum Gasteiger partial charge on any atom is 0.141 e. The molecule has 116 valence electrons. The first-order valence-corrected chi connectivity index (χ1v) is 7.50. The van der Waals surface area contributed by atoms with Crippen LogP contribution in [-0.2, 0) is 0 Å². The van der Waals surface area contributed by atoms with E-state index in [0.717, 1.165) is 43.5 Å². The number of benzene rings is 1. The van der Waals surface area contributed by atoms with E-state index in [0.29, 0.717) is 0 Å². The Bertz CT molecular complexity index is 658. The third-order valence-corrected chi connectivity index (χ3v) is 4.07. The van der Waals surface area contributed by atoms with Crippen LogP contribution in [0.4, 0.5) is 21.7 Å². The standard InChI is InChI=1S/C15H17ClFN5/c1-18-14-9-15(20-10-19-14)22-6-4-21(5-7-22)11-2-3-13(17)12(16)8-11/h2-3,8-10H,4-7H2,1H3,(H,18,19,20). The first-order chi connectivity index (χ1) is 10.7. The summed E-state index contributed by atoms with van der Waals surface area (Å²) in [4.78, 5) is 12.9. The molecule has 2 aromatic rings. The molecule has 0 atom stereocenters. The lowest BCUT2D eigenvalue weighted by molar-refractivity contribution is 0.624. The van der Waals surface area contributed by atoms with Gasteiger partial charge in [-0.2, -0.15) is 0 Å². The van der Waals surface area contributed by atoms with Gasteiger partial charge in [0.1, 0.15) is 23.8 Å². The van der Waals surface area contributed by atoms with Gasteiger partial charge in [0.05, 0.1) is 5.02 Å². The van der Waals surface area contributed by atoms with E-state index < -0.39 is 0 Å². The molecule has 0 spiro atoms. The normalized spacial score (nSPS) is 15.0. The first kappa shape index (κ1) is 14.8. The number of nitrogens with one attached hydrogen (secondary N) is 1. The molecular formula is C15H17ClFN5. The summed E-state index contributed by atoms with van der Waals surface area (Å²) in [7, 11) is 1.84. The lowest BCUT2D eigenvalue weighted by atomic mass is 10.2. The zero-order valence-corrected chi connectivity index (χ0v) is 13.0. The summed E-state index contributed by atoms with van der Waals surface area (Å²) in [5.74, 6) is 1.33. The smallest absolute Gasteiger partial charge is 0.141 e. The van der Waals surface area contributed by atoms with Crippen molar-refractivity contribution in [1.29, 1.82) is 0 Å². The highest BCUT2D eigenvalue weighted by Crippen LogP contribution is 2.24. The fourth-order valence-corrected chi connectivity index (χ4v) is 2.71. The van der Waals surface area contributed by atoms with Gasteiger partial charge >= 0.3 is 0 Å². The number of aromatic nitrogens is 2. The van der Waals surface area contributed by atoms with Crippen LogP contribution in [-0.4, -0.2) is 43.2 Å². The Kier molecular flexibility index (Phi) is 4.29. The Morgan fingerprint density at radius 3 is 2.50 bits per heavy atom. The minimum atomic E-state index is -0.385. The minimum Gasteiger partial charge on any atom is -0.373 e. The summed E-state index contributed by atoms with van der Waals surface area (Å²) in [6.07, 6.45) is 1.56. The molecule has 0 bridgehead atoms. The molecule has 5 nitrogen and oxygen atoms in total. The van der Waals surface area contributed by atoms with Crippen LogP contribution in [0.15, 0.2) is 30.6 Å². The number of rotatable bonds is 3. The highest BCUT2D eigenvalue weighted by atomic mass is 35.5. The zero-order valence-electron chi connectivity index (χ0n) is 12.3. The molecule has 1 aromatic heterocycles. The first-order valence-electron chi connectivity index (χ1n) is 7.12. The molecule has 3 rings (SSSR count). The second-order valence-corrected chi connectivity index (χ2v) is 5.49. The molecule has 22 heavy (non-hydrogen) atoms. The van der Waals surface area contributed by atoms with Crippen molar-refractivity contribution in [2.45, 2.75) is 0 Å². The molecule has 7 heteroatoms. The molecule has 1 N–H and O–H groups in total. The molecule has 2 heterocycles. The molecule has 0 amide bonds. The Balaban J connectivity index is 1.68. The maximum absolute atomic E-state index is 13.2. The average molecular weight is 322 g/mol. The molecule has 1 aliphatic rings. The second-order valence-electron chi connectivity index (χ2n) is 5.08. The van der Waals surface area contributed by atoms with Gasteiger partial charge in [0.25, 0.3) is 0 Å². The third kappa shape index (κ3) is 3.06.